The van der Waals surface area contributed by atoms with Crippen molar-refractivity contribution < 1.29 is 8.42 Å². The average Bonchev–Trinajstić information content (AvgIpc) is 2.40. The van der Waals surface area contributed by atoms with Gasteiger partial charge in [0.05, 0.1) is 10.6 Å². The number of aryl methyl sites for hydroxylation is 1. The van der Waals surface area contributed by atoms with Gasteiger partial charge in [0.1, 0.15) is 0 Å². The first-order valence-corrected chi connectivity index (χ1v) is 8.37. The Hall–Kier alpha value is -1.81. The first-order valence-electron chi connectivity index (χ1n) is 6.89. The van der Waals surface area contributed by atoms with E-state index in [0.717, 1.165) is 11.1 Å². The Balaban J connectivity index is 2.30. The van der Waals surface area contributed by atoms with Crippen LogP contribution < -0.4 is 4.72 Å². The second-order valence-corrected chi connectivity index (χ2v) is 7.88. The summed E-state index contributed by atoms with van der Waals surface area (Å²) in [6, 6.07) is 14.4. The minimum atomic E-state index is -3.55. The van der Waals surface area contributed by atoms with E-state index in [9.17, 15) is 8.42 Å². The van der Waals surface area contributed by atoms with E-state index in [2.05, 4.69) is 25.5 Å². The van der Waals surface area contributed by atoms with Crippen molar-refractivity contribution in [2.24, 2.45) is 0 Å². The average molecular weight is 303 g/mol. The molecule has 0 saturated heterocycles. The fourth-order valence-corrected chi connectivity index (χ4v) is 3.16. The lowest BCUT2D eigenvalue weighted by Crippen LogP contribution is -2.15. The Kier molecular flexibility index (Phi) is 4.10. The van der Waals surface area contributed by atoms with Gasteiger partial charge in [0, 0.05) is 0 Å². The van der Waals surface area contributed by atoms with Crippen molar-refractivity contribution in [2.45, 2.75) is 38.0 Å². The van der Waals surface area contributed by atoms with Gasteiger partial charge in [-0.3, -0.25) is 4.72 Å². The zero-order valence-electron chi connectivity index (χ0n) is 12.8. The summed E-state index contributed by atoms with van der Waals surface area (Å²) in [5, 5.41) is 0. The summed E-state index contributed by atoms with van der Waals surface area (Å²) in [6.07, 6.45) is 0. The van der Waals surface area contributed by atoms with Crippen molar-refractivity contribution in [3.05, 3.63) is 59.7 Å². The third-order valence-electron chi connectivity index (χ3n) is 3.42. The molecule has 0 bridgehead atoms. The van der Waals surface area contributed by atoms with Gasteiger partial charge in [0.2, 0.25) is 0 Å². The van der Waals surface area contributed by atoms with Gasteiger partial charge >= 0.3 is 0 Å². The van der Waals surface area contributed by atoms with Crippen LogP contribution >= 0.6 is 0 Å². The number of hydrogen-bond acceptors (Lipinski definition) is 2. The largest absolute Gasteiger partial charge is 0.279 e. The summed E-state index contributed by atoms with van der Waals surface area (Å²) in [7, 11) is -3.55. The van der Waals surface area contributed by atoms with Gasteiger partial charge in [-0.05, 0) is 41.7 Å². The molecular formula is C17H21NO2S. The van der Waals surface area contributed by atoms with Crippen molar-refractivity contribution in [3.8, 4) is 0 Å². The lowest BCUT2D eigenvalue weighted by molar-refractivity contribution is 0.587. The molecule has 0 aliphatic rings. The minimum absolute atomic E-state index is 0.00569. The van der Waals surface area contributed by atoms with Crippen LogP contribution in [0.1, 0.15) is 31.9 Å². The summed E-state index contributed by atoms with van der Waals surface area (Å²) in [4.78, 5) is 0.277. The van der Waals surface area contributed by atoms with Gasteiger partial charge in [0.25, 0.3) is 10.0 Å². The molecule has 0 saturated carbocycles. The number of benzene rings is 2. The molecule has 0 aromatic heterocycles. The summed E-state index contributed by atoms with van der Waals surface area (Å²) in [6.45, 7) is 8.17. The normalized spacial score (nSPS) is 12.2. The van der Waals surface area contributed by atoms with Crippen LogP contribution in [0.15, 0.2) is 53.4 Å². The molecule has 0 spiro atoms. The van der Waals surface area contributed by atoms with Crippen LogP contribution in [-0.4, -0.2) is 8.42 Å². The fraction of sp³-hybridized carbons (Fsp3) is 0.294. The molecule has 0 amide bonds. The highest BCUT2D eigenvalue weighted by atomic mass is 32.2. The molecule has 112 valence electrons. The molecule has 0 fully saturated rings. The molecule has 0 unspecified atom stereocenters. The number of sulfonamides is 1. The zero-order chi connectivity index (χ0) is 15.7. The summed E-state index contributed by atoms with van der Waals surface area (Å²) < 4.78 is 27.4. The first-order chi connectivity index (χ1) is 9.70. The monoisotopic (exact) mass is 303 g/mol. The number of anilines is 1. The Morgan fingerprint density at radius 2 is 1.48 bits per heavy atom. The van der Waals surface area contributed by atoms with Crippen LogP contribution in [-0.2, 0) is 15.4 Å². The van der Waals surface area contributed by atoms with Crippen molar-refractivity contribution >= 4 is 15.7 Å². The molecule has 4 heteroatoms. The second-order valence-electron chi connectivity index (χ2n) is 6.19. The maximum absolute atomic E-state index is 12.4. The maximum atomic E-state index is 12.4. The van der Waals surface area contributed by atoms with Gasteiger partial charge in [-0.15, -0.1) is 0 Å². The number of nitrogens with one attached hydrogen (secondary N) is 1. The third kappa shape index (κ3) is 3.64. The highest BCUT2D eigenvalue weighted by Crippen LogP contribution is 2.24. The molecule has 21 heavy (non-hydrogen) atoms. The molecule has 2 aromatic carbocycles. The van der Waals surface area contributed by atoms with Gasteiger partial charge in [-0.25, -0.2) is 8.42 Å². The van der Waals surface area contributed by atoms with Crippen molar-refractivity contribution in [1.82, 2.24) is 0 Å². The Bertz CT molecular complexity index is 726. The van der Waals surface area contributed by atoms with E-state index < -0.39 is 10.0 Å². The molecule has 0 aliphatic carbocycles. The molecule has 1 N–H and O–H groups in total. The van der Waals surface area contributed by atoms with Crippen LogP contribution in [0.25, 0.3) is 0 Å². The lowest BCUT2D eigenvalue weighted by Gasteiger charge is -2.19. The fourth-order valence-electron chi connectivity index (χ4n) is 2.03. The summed E-state index contributed by atoms with van der Waals surface area (Å²) >= 11 is 0. The smallest absolute Gasteiger partial charge is 0.261 e. The SMILES string of the molecule is Cc1ccccc1NS(=O)(=O)c1ccc(C(C)(C)C)cc1. The van der Waals surface area contributed by atoms with Crippen molar-refractivity contribution in [2.75, 3.05) is 4.72 Å². The van der Waals surface area contributed by atoms with Crippen LogP contribution in [0, 0.1) is 6.92 Å². The van der Waals surface area contributed by atoms with Gasteiger partial charge in [-0.1, -0.05) is 51.1 Å². The highest BCUT2D eigenvalue weighted by Gasteiger charge is 2.18. The van der Waals surface area contributed by atoms with Crippen LogP contribution in [0.5, 0.6) is 0 Å². The van der Waals surface area contributed by atoms with Gasteiger partial charge in [-0.2, -0.15) is 0 Å². The Labute approximate surface area is 127 Å². The number of hydrogen-bond donors (Lipinski definition) is 1. The van der Waals surface area contributed by atoms with E-state index in [1.165, 1.54) is 0 Å². The van der Waals surface area contributed by atoms with Gasteiger partial charge < -0.3 is 0 Å². The van der Waals surface area contributed by atoms with Crippen molar-refractivity contribution in [1.29, 1.82) is 0 Å². The Morgan fingerprint density at radius 1 is 0.905 bits per heavy atom. The topological polar surface area (TPSA) is 46.2 Å². The van der Waals surface area contributed by atoms with E-state index in [1.807, 2.05) is 37.3 Å². The summed E-state index contributed by atoms with van der Waals surface area (Å²) in [5.41, 5.74) is 2.62. The molecular weight excluding hydrogens is 282 g/mol. The molecule has 2 aromatic rings. The highest BCUT2D eigenvalue weighted by molar-refractivity contribution is 7.92. The standard InChI is InChI=1S/C17H21NO2S/c1-13-7-5-6-8-16(13)18-21(19,20)15-11-9-14(10-12-15)17(2,3)4/h5-12,18H,1-4H3. The van der Waals surface area contributed by atoms with Crippen LogP contribution in [0.3, 0.4) is 0 Å². The molecule has 2 rings (SSSR count). The molecule has 0 heterocycles. The van der Waals surface area contributed by atoms with E-state index in [1.54, 1.807) is 18.2 Å². The van der Waals surface area contributed by atoms with E-state index in [4.69, 9.17) is 0 Å². The molecule has 3 nitrogen and oxygen atoms in total. The van der Waals surface area contributed by atoms with Gasteiger partial charge in [0.15, 0.2) is 0 Å². The quantitative estimate of drug-likeness (QED) is 0.928. The predicted molar refractivity (Wildman–Crippen MR) is 87.1 cm³/mol. The van der Waals surface area contributed by atoms with E-state index >= 15 is 0 Å². The second kappa shape index (κ2) is 5.53. The first kappa shape index (κ1) is 15.6. The zero-order valence-corrected chi connectivity index (χ0v) is 13.7. The van der Waals surface area contributed by atoms with E-state index in [0.29, 0.717) is 5.69 Å². The predicted octanol–water partition coefficient (Wildman–Crippen LogP) is 4.09. The lowest BCUT2D eigenvalue weighted by atomic mass is 9.87. The van der Waals surface area contributed by atoms with Crippen LogP contribution in [0.2, 0.25) is 0 Å². The molecule has 0 atom stereocenters. The van der Waals surface area contributed by atoms with E-state index in [-0.39, 0.29) is 10.3 Å². The minimum Gasteiger partial charge on any atom is -0.279 e. The van der Waals surface area contributed by atoms with Crippen molar-refractivity contribution in [3.63, 3.8) is 0 Å². The van der Waals surface area contributed by atoms with Crippen LogP contribution in [0.4, 0.5) is 5.69 Å². The molecule has 0 aliphatic heterocycles. The maximum Gasteiger partial charge on any atom is 0.261 e. The Morgan fingerprint density at radius 3 is 2.00 bits per heavy atom. The number of para-hydroxylation sites is 1. The summed E-state index contributed by atoms with van der Waals surface area (Å²) in [5.74, 6) is 0. The number of rotatable bonds is 3. The molecule has 0 radical (unpaired) electrons. The third-order valence-corrected chi connectivity index (χ3v) is 4.80.